The Morgan fingerprint density at radius 3 is 0.825 bits per heavy atom. The van der Waals surface area contributed by atoms with Crippen molar-refractivity contribution in [2.45, 2.75) is 329 Å². The van der Waals surface area contributed by atoms with Gasteiger partial charge in [0, 0.05) is 19.3 Å². The Hall–Kier alpha value is -1.59. The van der Waals surface area contributed by atoms with Crippen molar-refractivity contribution in [3.05, 3.63) is 0 Å². The molecular formula is C57H110O6. The molecule has 0 spiro atoms. The third-order valence-electron chi connectivity index (χ3n) is 13.4. The lowest BCUT2D eigenvalue weighted by Crippen LogP contribution is -2.30. The lowest BCUT2D eigenvalue weighted by molar-refractivity contribution is -0.167. The minimum Gasteiger partial charge on any atom is -0.462 e. The van der Waals surface area contributed by atoms with E-state index in [9.17, 15) is 14.4 Å². The van der Waals surface area contributed by atoms with Gasteiger partial charge in [-0.3, -0.25) is 14.4 Å². The maximum atomic E-state index is 12.8. The first-order valence-corrected chi connectivity index (χ1v) is 28.4. The number of carbonyl (C=O) groups is 3. The maximum absolute atomic E-state index is 12.8. The Labute approximate surface area is 393 Å². The van der Waals surface area contributed by atoms with Crippen molar-refractivity contribution in [2.24, 2.45) is 5.92 Å². The summed E-state index contributed by atoms with van der Waals surface area (Å²) in [6, 6.07) is 0. The van der Waals surface area contributed by atoms with Crippen LogP contribution in [0.1, 0.15) is 323 Å². The van der Waals surface area contributed by atoms with Gasteiger partial charge in [-0.1, -0.05) is 285 Å². The summed E-state index contributed by atoms with van der Waals surface area (Å²) in [5.41, 5.74) is 0. The van der Waals surface area contributed by atoms with E-state index in [1.165, 1.54) is 218 Å². The Morgan fingerprint density at radius 1 is 0.317 bits per heavy atom. The Kier molecular flexibility index (Phi) is 50.1. The molecule has 0 aromatic heterocycles. The first-order chi connectivity index (χ1) is 30.9. The molecule has 0 bridgehead atoms. The second-order valence-electron chi connectivity index (χ2n) is 19.8. The highest BCUT2D eigenvalue weighted by Crippen LogP contribution is 2.18. The van der Waals surface area contributed by atoms with Gasteiger partial charge in [0.1, 0.15) is 13.2 Å². The van der Waals surface area contributed by atoms with Crippen LogP contribution in [-0.4, -0.2) is 37.2 Å². The third kappa shape index (κ3) is 49.7. The topological polar surface area (TPSA) is 78.9 Å². The summed E-state index contributed by atoms with van der Waals surface area (Å²) in [5, 5.41) is 0. The first-order valence-electron chi connectivity index (χ1n) is 28.4. The normalized spacial score (nSPS) is 12.4. The molecule has 0 rings (SSSR count). The molecule has 374 valence electrons. The molecule has 0 saturated carbocycles. The van der Waals surface area contributed by atoms with Crippen molar-refractivity contribution in [1.29, 1.82) is 0 Å². The zero-order valence-electron chi connectivity index (χ0n) is 43.0. The average Bonchev–Trinajstić information content (AvgIpc) is 3.28. The van der Waals surface area contributed by atoms with Crippen LogP contribution in [0.3, 0.4) is 0 Å². The minimum atomic E-state index is -0.761. The Bertz CT molecular complexity index is 951. The van der Waals surface area contributed by atoms with Gasteiger partial charge in [0.2, 0.25) is 0 Å². The van der Waals surface area contributed by atoms with Crippen molar-refractivity contribution in [3.8, 4) is 0 Å². The lowest BCUT2D eigenvalue weighted by Gasteiger charge is -2.18. The lowest BCUT2D eigenvalue weighted by atomic mass is 9.99. The van der Waals surface area contributed by atoms with Crippen LogP contribution in [0.15, 0.2) is 0 Å². The second-order valence-corrected chi connectivity index (χ2v) is 19.8. The SMILES string of the molecule is CCCCCCCCCCCCCCCCCC(=O)O[C@@H](COC(=O)CCCCCCCCCCCCCC)COC(=O)CCCCCCCCCCCCCCCCC(C)CC. The van der Waals surface area contributed by atoms with E-state index < -0.39 is 6.10 Å². The highest BCUT2D eigenvalue weighted by Gasteiger charge is 2.19. The molecule has 6 nitrogen and oxygen atoms in total. The fourth-order valence-corrected chi connectivity index (χ4v) is 8.72. The van der Waals surface area contributed by atoms with E-state index in [0.717, 1.165) is 63.7 Å². The number of carbonyl (C=O) groups excluding carboxylic acids is 3. The molecule has 0 aliphatic heterocycles. The number of ether oxygens (including phenoxy) is 3. The molecule has 2 atom stereocenters. The molecule has 0 aromatic carbocycles. The first kappa shape index (κ1) is 61.4. The molecule has 0 heterocycles. The van der Waals surface area contributed by atoms with E-state index in [-0.39, 0.29) is 31.1 Å². The van der Waals surface area contributed by atoms with Crippen molar-refractivity contribution < 1.29 is 28.6 Å². The van der Waals surface area contributed by atoms with Gasteiger partial charge >= 0.3 is 17.9 Å². The molecule has 63 heavy (non-hydrogen) atoms. The largest absolute Gasteiger partial charge is 0.462 e. The molecule has 1 unspecified atom stereocenters. The van der Waals surface area contributed by atoms with Crippen LogP contribution in [0.2, 0.25) is 0 Å². The van der Waals surface area contributed by atoms with Gasteiger partial charge in [-0.2, -0.15) is 0 Å². The van der Waals surface area contributed by atoms with Gasteiger partial charge in [-0.25, -0.2) is 0 Å². The second kappa shape index (κ2) is 51.4. The zero-order valence-corrected chi connectivity index (χ0v) is 43.0. The maximum Gasteiger partial charge on any atom is 0.306 e. The van der Waals surface area contributed by atoms with Crippen molar-refractivity contribution in [1.82, 2.24) is 0 Å². The van der Waals surface area contributed by atoms with E-state index in [4.69, 9.17) is 14.2 Å². The quantitative estimate of drug-likeness (QED) is 0.0344. The van der Waals surface area contributed by atoms with Gasteiger partial charge in [0.05, 0.1) is 0 Å². The minimum absolute atomic E-state index is 0.0620. The summed E-state index contributed by atoms with van der Waals surface area (Å²) < 4.78 is 16.9. The number of rotatable bonds is 52. The van der Waals surface area contributed by atoms with Gasteiger partial charge in [0.25, 0.3) is 0 Å². The average molecular weight is 892 g/mol. The van der Waals surface area contributed by atoms with Gasteiger partial charge in [0.15, 0.2) is 6.10 Å². The predicted molar refractivity (Wildman–Crippen MR) is 270 cm³/mol. The van der Waals surface area contributed by atoms with Crippen LogP contribution in [-0.2, 0) is 28.6 Å². The van der Waals surface area contributed by atoms with Crippen LogP contribution >= 0.6 is 0 Å². The van der Waals surface area contributed by atoms with E-state index in [2.05, 4.69) is 27.7 Å². The highest BCUT2D eigenvalue weighted by atomic mass is 16.6. The van der Waals surface area contributed by atoms with Crippen LogP contribution < -0.4 is 0 Å². The summed E-state index contributed by atoms with van der Waals surface area (Å²) in [5.74, 6) is 0.0591. The molecule has 0 amide bonds. The standard InChI is InChI=1S/C57H110O6/c1-5-8-10-12-14-16-18-20-21-26-30-34-38-42-46-50-57(60)63-54(51-61-55(58)48-44-40-36-32-28-19-17-15-13-11-9-6-2)52-62-56(59)49-45-41-37-33-29-25-23-22-24-27-31-35-39-43-47-53(4)7-3/h53-54H,5-52H2,1-4H3/t53?,54-/m0/s1. The summed E-state index contributed by atoms with van der Waals surface area (Å²) in [7, 11) is 0. The fraction of sp³-hybridized carbons (Fsp3) is 0.947. The number of hydrogen-bond donors (Lipinski definition) is 0. The van der Waals surface area contributed by atoms with Gasteiger partial charge in [-0.15, -0.1) is 0 Å². The van der Waals surface area contributed by atoms with Crippen LogP contribution in [0.25, 0.3) is 0 Å². The fourth-order valence-electron chi connectivity index (χ4n) is 8.72. The summed E-state index contributed by atoms with van der Waals surface area (Å²) in [6.45, 7) is 9.09. The number of unbranched alkanes of at least 4 members (excludes halogenated alkanes) is 38. The Balaban J connectivity index is 4.28. The Morgan fingerprint density at radius 2 is 0.556 bits per heavy atom. The van der Waals surface area contributed by atoms with Gasteiger partial charge in [-0.05, 0) is 25.2 Å². The van der Waals surface area contributed by atoms with E-state index in [1.807, 2.05) is 0 Å². The monoisotopic (exact) mass is 891 g/mol. The molecular weight excluding hydrogens is 781 g/mol. The summed E-state index contributed by atoms with van der Waals surface area (Å²) in [4.78, 5) is 38.1. The third-order valence-corrected chi connectivity index (χ3v) is 13.4. The van der Waals surface area contributed by atoms with Gasteiger partial charge < -0.3 is 14.2 Å². The molecule has 0 aliphatic rings. The molecule has 0 radical (unpaired) electrons. The summed E-state index contributed by atoms with van der Waals surface area (Å²) in [6.07, 6.45) is 55.1. The smallest absolute Gasteiger partial charge is 0.306 e. The summed E-state index contributed by atoms with van der Waals surface area (Å²) >= 11 is 0. The highest BCUT2D eigenvalue weighted by molar-refractivity contribution is 5.71. The van der Waals surface area contributed by atoms with Crippen LogP contribution in [0.5, 0.6) is 0 Å². The zero-order chi connectivity index (χ0) is 45.9. The van der Waals surface area contributed by atoms with E-state index in [0.29, 0.717) is 19.3 Å². The predicted octanol–water partition coefficient (Wildman–Crippen LogP) is 18.6. The van der Waals surface area contributed by atoms with Crippen molar-refractivity contribution in [3.63, 3.8) is 0 Å². The molecule has 6 heteroatoms. The van der Waals surface area contributed by atoms with E-state index in [1.54, 1.807) is 0 Å². The van der Waals surface area contributed by atoms with Crippen LogP contribution in [0, 0.1) is 5.92 Å². The molecule has 0 N–H and O–H groups in total. The van der Waals surface area contributed by atoms with Crippen molar-refractivity contribution in [2.75, 3.05) is 13.2 Å². The molecule has 0 fully saturated rings. The number of esters is 3. The van der Waals surface area contributed by atoms with Crippen molar-refractivity contribution >= 4 is 17.9 Å². The molecule has 0 aromatic rings. The van der Waals surface area contributed by atoms with Crippen LogP contribution in [0.4, 0.5) is 0 Å². The van der Waals surface area contributed by atoms with E-state index >= 15 is 0 Å². The number of hydrogen-bond acceptors (Lipinski definition) is 6. The molecule has 0 aliphatic carbocycles. The molecule has 0 saturated heterocycles.